The van der Waals surface area contributed by atoms with Crippen LogP contribution in [0.4, 0.5) is 0 Å². The molecule has 0 aromatic heterocycles. The first kappa shape index (κ1) is 13.9. The molecule has 0 fully saturated rings. The van der Waals surface area contributed by atoms with Crippen molar-refractivity contribution in [2.75, 3.05) is 0 Å². The van der Waals surface area contributed by atoms with Gasteiger partial charge in [-0.05, 0) is 30.2 Å². The van der Waals surface area contributed by atoms with Crippen molar-refractivity contribution in [3.63, 3.8) is 0 Å². The van der Waals surface area contributed by atoms with E-state index in [2.05, 4.69) is 12.6 Å². The van der Waals surface area contributed by atoms with Crippen molar-refractivity contribution in [3.05, 3.63) is 71.3 Å². The van der Waals surface area contributed by atoms with Gasteiger partial charge in [0.05, 0.1) is 0 Å². The van der Waals surface area contributed by atoms with Crippen LogP contribution in [-0.2, 0) is 0 Å². The number of thiol groups is 1. The van der Waals surface area contributed by atoms with E-state index in [9.17, 15) is 0 Å². The zero-order valence-corrected chi connectivity index (χ0v) is 11.3. The average molecular weight is 263 g/mol. The van der Waals surface area contributed by atoms with Gasteiger partial charge < -0.3 is 0 Å². The van der Waals surface area contributed by atoms with Crippen LogP contribution in [0.25, 0.3) is 6.08 Å². The van der Waals surface area contributed by atoms with Gasteiger partial charge in [0.25, 0.3) is 0 Å². The smallest absolute Gasteiger partial charge is 0.00692 e. The van der Waals surface area contributed by atoms with E-state index in [0.717, 1.165) is 10.5 Å². The normalized spacial score (nSPS) is 9.82. The third kappa shape index (κ3) is 5.62. The first-order valence-electron chi connectivity index (χ1n) is 5.30. The molecule has 0 aliphatic heterocycles. The minimum Gasteiger partial charge on any atom is -0.143 e. The summed E-state index contributed by atoms with van der Waals surface area (Å²) in [6, 6.07) is 18.0. The van der Waals surface area contributed by atoms with Crippen molar-refractivity contribution in [2.24, 2.45) is 0 Å². The maximum atomic E-state index is 5.36. The molecule has 0 nitrogen and oxygen atoms in total. The van der Waals surface area contributed by atoms with Crippen LogP contribution in [-0.4, -0.2) is 0 Å². The van der Waals surface area contributed by atoms with Gasteiger partial charge >= 0.3 is 0 Å². The Morgan fingerprint density at radius 3 is 2.00 bits per heavy atom. The highest BCUT2D eigenvalue weighted by Gasteiger charge is 1.85. The van der Waals surface area contributed by atoms with Crippen molar-refractivity contribution in [1.29, 1.82) is 0 Å². The number of hydrogen-bond acceptors (Lipinski definition) is 1. The fourth-order valence-corrected chi connectivity index (χ4v) is 1.51. The Labute approximate surface area is 113 Å². The standard InChI is InChI=1S/C8H7Cl.C7H8S/c9-7-6-8-4-2-1-3-5-8;1-6-4-2-3-5-7(6)8/h1-7H;2-5,8H,1H3. The summed E-state index contributed by atoms with van der Waals surface area (Å²) in [5.74, 6) is 0. The summed E-state index contributed by atoms with van der Waals surface area (Å²) in [6.07, 6.45) is 1.85. The highest BCUT2D eigenvalue weighted by atomic mass is 35.5. The zero-order valence-electron chi connectivity index (χ0n) is 9.68. The molecule has 2 heteroatoms. The first-order chi connectivity index (χ1) is 8.24. The molecule has 2 aromatic rings. The molecule has 0 aliphatic carbocycles. The Morgan fingerprint density at radius 1 is 0.941 bits per heavy atom. The van der Waals surface area contributed by atoms with Crippen molar-refractivity contribution in [3.8, 4) is 0 Å². The zero-order chi connectivity index (χ0) is 12.5. The summed E-state index contributed by atoms with van der Waals surface area (Å²) in [7, 11) is 0. The Morgan fingerprint density at radius 2 is 1.53 bits per heavy atom. The molecule has 2 aromatic carbocycles. The third-order valence-corrected chi connectivity index (χ3v) is 2.80. The van der Waals surface area contributed by atoms with Crippen molar-refractivity contribution >= 4 is 30.3 Å². The number of halogens is 1. The van der Waals surface area contributed by atoms with Crippen LogP contribution in [0, 0.1) is 6.92 Å². The second-order valence-electron chi connectivity index (χ2n) is 3.49. The SMILES string of the molecule is Cc1ccccc1S.ClC=Cc1ccccc1. The van der Waals surface area contributed by atoms with Gasteiger partial charge in [0.2, 0.25) is 0 Å². The van der Waals surface area contributed by atoms with Crippen LogP contribution < -0.4 is 0 Å². The molecule has 0 unspecified atom stereocenters. The molecular formula is C15H15ClS. The molecule has 0 saturated carbocycles. The minimum atomic E-state index is 1.06. The van der Waals surface area contributed by atoms with Crippen molar-refractivity contribution in [2.45, 2.75) is 11.8 Å². The van der Waals surface area contributed by atoms with Gasteiger partial charge in [0.15, 0.2) is 0 Å². The monoisotopic (exact) mass is 262 g/mol. The molecule has 88 valence electrons. The van der Waals surface area contributed by atoms with Gasteiger partial charge in [0, 0.05) is 10.4 Å². The lowest BCUT2D eigenvalue weighted by atomic mass is 10.2. The molecule has 0 N–H and O–H groups in total. The summed E-state index contributed by atoms with van der Waals surface area (Å²) in [5, 5.41) is 0. The van der Waals surface area contributed by atoms with Gasteiger partial charge in [0.1, 0.15) is 0 Å². The molecular weight excluding hydrogens is 248 g/mol. The van der Waals surface area contributed by atoms with Crippen LogP contribution in [0.1, 0.15) is 11.1 Å². The molecule has 0 atom stereocenters. The number of benzene rings is 2. The van der Waals surface area contributed by atoms with E-state index in [-0.39, 0.29) is 0 Å². The fourth-order valence-electron chi connectivity index (χ4n) is 1.20. The highest BCUT2D eigenvalue weighted by molar-refractivity contribution is 7.80. The lowest BCUT2D eigenvalue weighted by Crippen LogP contribution is -1.70. The van der Waals surface area contributed by atoms with Gasteiger partial charge in [-0.15, -0.1) is 12.6 Å². The number of aryl methyl sites for hydroxylation is 1. The number of rotatable bonds is 1. The lowest BCUT2D eigenvalue weighted by molar-refractivity contribution is 1.31. The predicted octanol–water partition coefficient (Wildman–Crippen LogP) is 5.18. The van der Waals surface area contributed by atoms with Gasteiger partial charge in [-0.2, -0.15) is 0 Å². The van der Waals surface area contributed by atoms with Crippen LogP contribution in [0.5, 0.6) is 0 Å². The van der Waals surface area contributed by atoms with E-state index < -0.39 is 0 Å². The predicted molar refractivity (Wildman–Crippen MR) is 79.8 cm³/mol. The molecule has 2 rings (SSSR count). The average Bonchev–Trinajstić information content (AvgIpc) is 2.36. The molecule has 0 radical (unpaired) electrons. The van der Waals surface area contributed by atoms with Crippen LogP contribution in [0.2, 0.25) is 0 Å². The molecule has 0 heterocycles. The second kappa shape index (κ2) is 7.99. The molecule has 0 spiro atoms. The second-order valence-corrected chi connectivity index (χ2v) is 4.22. The Balaban J connectivity index is 0.000000171. The van der Waals surface area contributed by atoms with Crippen LogP contribution in [0.3, 0.4) is 0 Å². The summed E-state index contributed by atoms with van der Waals surface area (Å²) in [6.45, 7) is 2.04. The van der Waals surface area contributed by atoms with Crippen LogP contribution in [0.15, 0.2) is 65.0 Å². The number of hydrogen-bond donors (Lipinski definition) is 1. The Bertz CT molecular complexity index is 442. The first-order valence-corrected chi connectivity index (χ1v) is 6.19. The van der Waals surface area contributed by atoms with Gasteiger partial charge in [-0.25, -0.2) is 0 Å². The highest BCUT2D eigenvalue weighted by Crippen LogP contribution is 2.09. The lowest BCUT2D eigenvalue weighted by Gasteiger charge is -1.92. The molecule has 0 aliphatic rings. The molecule has 0 amide bonds. The van der Waals surface area contributed by atoms with E-state index in [4.69, 9.17) is 11.6 Å². The Hall–Kier alpha value is -1.18. The largest absolute Gasteiger partial charge is 0.143 e. The fraction of sp³-hybridized carbons (Fsp3) is 0.0667. The topological polar surface area (TPSA) is 0 Å². The van der Waals surface area contributed by atoms with Gasteiger partial charge in [-0.3, -0.25) is 0 Å². The van der Waals surface area contributed by atoms with E-state index in [0.29, 0.717) is 0 Å². The Kier molecular flexibility index (Phi) is 6.53. The van der Waals surface area contributed by atoms with Gasteiger partial charge in [-0.1, -0.05) is 60.1 Å². The molecule has 0 saturated heterocycles. The minimum absolute atomic E-state index is 1.06. The third-order valence-electron chi connectivity index (χ3n) is 2.17. The van der Waals surface area contributed by atoms with Crippen molar-refractivity contribution < 1.29 is 0 Å². The maximum absolute atomic E-state index is 5.36. The quantitative estimate of drug-likeness (QED) is 0.673. The molecule has 0 bridgehead atoms. The van der Waals surface area contributed by atoms with E-state index in [1.165, 1.54) is 11.1 Å². The summed E-state index contributed by atoms with van der Waals surface area (Å²) >= 11 is 9.55. The summed E-state index contributed by atoms with van der Waals surface area (Å²) in [4.78, 5) is 1.06. The van der Waals surface area contributed by atoms with E-state index in [1.54, 1.807) is 0 Å². The van der Waals surface area contributed by atoms with E-state index in [1.807, 2.05) is 67.6 Å². The van der Waals surface area contributed by atoms with Crippen molar-refractivity contribution in [1.82, 2.24) is 0 Å². The van der Waals surface area contributed by atoms with Crippen LogP contribution >= 0.6 is 24.2 Å². The summed E-state index contributed by atoms with van der Waals surface area (Å²) in [5.41, 5.74) is 3.87. The summed E-state index contributed by atoms with van der Waals surface area (Å²) < 4.78 is 0. The maximum Gasteiger partial charge on any atom is 0.00692 e. The van der Waals surface area contributed by atoms with E-state index >= 15 is 0 Å². The molecule has 17 heavy (non-hydrogen) atoms.